The number of aryl methyl sites for hydroxylation is 5. The van der Waals surface area contributed by atoms with E-state index in [1.54, 1.807) is 71.0 Å². The molecule has 34 heavy (non-hydrogen) atoms. The van der Waals surface area contributed by atoms with Crippen LogP contribution in [-0.4, -0.2) is 16.8 Å². The number of allylic oxidation sites excluding steroid dienone is 1. The van der Waals surface area contributed by atoms with E-state index >= 15 is 0 Å². The summed E-state index contributed by atoms with van der Waals surface area (Å²) in [5.41, 5.74) is 3.36. The van der Waals surface area contributed by atoms with E-state index in [1.807, 2.05) is 19.1 Å². The van der Waals surface area contributed by atoms with E-state index in [-0.39, 0.29) is 16.7 Å². The molecule has 3 rings (SSSR count). The molecule has 0 amide bonds. The monoisotopic (exact) mass is 472 g/mol. The average Bonchev–Trinajstić information content (AvgIpc) is 2.77. The van der Waals surface area contributed by atoms with Gasteiger partial charge >= 0.3 is 0 Å². The summed E-state index contributed by atoms with van der Waals surface area (Å²) in [6.07, 6.45) is 1.19. The van der Waals surface area contributed by atoms with E-state index in [4.69, 9.17) is 0 Å². The smallest absolute Gasteiger partial charge is 0.248 e. The summed E-state index contributed by atoms with van der Waals surface area (Å²) in [5.74, 6) is -0.324. The summed E-state index contributed by atoms with van der Waals surface area (Å²) in [4.78, 5) is 40.8. The lowest BCUT2D eigenvalue weighted by Crippen LogP contribution is -2.23. The topological polar surface area (TPSA) is 68.3 Å². The molecular weight excluding hydrogens is 443 g/mol. The van der Waals surface area contributed by atoms with E-state index in [9.17, 15) is 18.9 Å². The van der Waals surface area contributed by atoms with Gasteiger partial charge in [0.1, 0.15) is 0 Å². The van der Waals surface area contributed by atoms with Gasteiger partial charge in [-0.2, -0.15) is 0 Å². The van der Waals surface area contributed by atoms with Crippen LogP contribution in [0.2, 0.25) is 0 Å². The summed E-state index contributed by atoms with van der Waals surface area (Å²) in [6.45, 7) is 14.2. The zero-order chi connectivity index (χ0) is 25.4. The molecule has 0 spiro atoms. The van der Waals surface area contributed by atoms with Crippen molar-refractivity contribution in [2.75, 3.05) is 0 Å². The highest BCUT2D eigenvalue weighted by atomic mass is 31.2. The van der Waals surface area contributed by atoms with Gasteiger partial charge in [-0.15, -0.1) is 0 Å². The Morgan fingerprint density at radius 2 is 1.18 bits per heavy atom. The molecule has 0 saturated carbocycles. The number of rotatable bonds is 7. The van der Waals surface area contributed by atoms with E-state index in [1.165, 1.54) is 6.08 Å². The molecule has 4 nitrogen and oxygen atoms in total. The third-order valence-electron chi connectivity index (χ3n) is 6.20. The highest BCUT2D eigenvalue weighted by Crippen LogP contribution is 2.53. The second-order valence-electron chi connectivity index (χ2n) is 8.78. The van der Waals surface area contributed by atoms with Gasteiger partial charge in [0, 0.05) is 22.0 Å². The molecule has 3 aromatic rings. The normalized spacial score (nSPS) is 12.6. The van der Waals surface area contributed by atoms with Gasteiger partial charge < -0.3 is 4.57 Å². The molecule has 0 fully saturated rings. The van der Waals surface area contributed by atoms with Gasteiger partial charge in [0.05, 0.1) is 0 Å². The first-order valence-electron chi connectivity index (χ1n) is 11.1. The molecule has 0 bridgehead atoms. The van der Waals surface area contributed by atoms with Crippen molar-refractivity contribution in [3.63, 3.8) is 0 Å². The molecule has 5 heteroatoms. The Labute approximate surface area is 201 Å². The number of hydrogen-bond donors (Lipinski definition) is 0. The quantitative estimate of drug-likeness (QED) is 0.221. The van der Waals surface area contributed by atoms with E-state index in [0.717, 1.165) is 5.56 Å². The van der Waals surface area contributed by atoms with Crippen molar-refractivity contribution in [3.8, 4) is 0 Å². The van der Waals surface area contributed by atoms with Crippen LogP contribution in [0.25, 0.3) is 0 Å². The fraction of sp³-hybridized carbons (Fsp3) is 0.207. The van der Waals surface area contributed by atoms with E-state index < -0.39 is 18.2 Å². The van der Waals surface area contributed by atoms with Crippen molar-refractivity contribution in [2.24, 2.45) is 0 Å². The Kier molecular flexibility index (Phi) is 7.05. The van der Waals surface area contributed by atoms with Crippen molar-refractivity contribution in [1.82, 2.24) is 0 Å². The van der Waals surface area contributed by atoms with Crippen LogP contribution in [0.4, 0.5) is 0 Å². The van der Waals surface area contributed by atoms with Gasteiger partial charge in [-0.25, -0.2) is 0 Å². The minimum absolute atomic E-state index is 0.152. The van der Waals surface area contributed by atoms with Crippen LogP contribution in [0.15, 0.2) is 61.2 Å². The third-order valence-corrected chi connectivity index (χ3v) is 8.82. The molecule has 0 N–H and O–H groups in total. The first kappa shape index (κ1) is 25.3. The van der Waals surface area contributed by atoms with Crippen LogP contribution < -0.4 is 5.30 Å². The number of benzene rings is 3. The van der Waals surface area contributed by atoms with Crippen LogP contribution in [-0.2, 0) is 4.57 Å². The number of carbonyl (C=O) groups is 3. The Morgan fingerprint density at radius 3 is 1.71 bits per heavy atom. The molecule has 0 aliphatic heterocycles. The molecule has 0 heterocycles. The van der Waals surface area contributed by atoms with Crippen molar-refractivity contribution >= 4 is 29.3 Å². The van der Waals surface area contributed by atoms with E-state index in [0.29, 0.717) is 38.9 Å². The van der Waals surface area contributed by atoms with Crippen molar-refractivity contribution in [2.45, 2.75) is 41.5 Å². The maximum absolute atomic E-state index is 14.7. The third kappa shape index (κ3) is 4.15. The van der Waals surface area contributed by atoms with E-state index in [2.05, 4.69) is 6.58 Å². The lowest BCUT2D eigenvalue weighted by atomic mass is 9.91. The van der Waals surface area contributed by atoms with Crippen LogP contribution in [0.1, 0.15) is 64.5 Å². The Morgan fingerprint density at radius 1 is 0.706 bits per heavy atom. The lowest BCUT2D eigenvalue weighted by molar-refractivity contribution is 0.103. The van der Waals surface area contributed by atoms with Crippen LogP contribution in [0.5, 0.6) is 0 Å². The van der Waals surface area contributed by atoms with Crippen molar-refractivity contribution in [3.05, 3.63) is 111 Å². The molecular formula is C29H29O4P. The second-order valence-corrected chi connectivity index (χ2v) is 11.3. The lowest BCUT2D eigenvalue weighted by Gasteiger charge is -2.22. The molecule has 0 aliphatic rings. The number of ketones is 1. The van der Waals surface area contributed by atoms with Gasteiger partial charge in [-0.1, -0.05) is 60.7 Å². The molecule has 0 aromatic heterocycles. The summed E-state index contributed by atoms with van der Waals surface area (Å²) < 4.78 is 14.7. The summed E-state index contributed by atoms with van der Waals surface area (Å²) in [6, 6.07) is 13.6. The van der Waals surface area contributed by atoms with Crippen LogP contribution in [0.3, 0.4) is 0 Å². The molecule has 0 radical (unpaired) electrons. The molecule has 0 aliphatic carbocycles. The van der Waals surface area contributed by atoms with Crippen molar-refractivity contribution < 1.29 is 18.9 Å². The van der Waals surface area contributed by atoms with Gasteiger partial charge in [-0.05, 0) is 75.4 Å². The predicted octanol–water partition coefficient (Wildman–Crippen LogP) is 6.58. The predicted molar refractivity (Wildman–Crippen MR) is 138 cm³/mol. The summed E-state index contributed by atoms with van der Waals surface area (Å²) in [5, 5.41) is 0.181. The maximum atomic E-state index is 14.7. The number of carbonyl (C=O) groups excluding carboxylic acids is 3. The van der Waals surface area contributed by atoms with Gasteiger partial charge in [0.15, 0.2) is 5.78 Å². The van der Waals surface area contributed by atoms with Crippen LogP contribution in [0, 0.1) is 41.5 Å². The highest BCUT2D eigenvalue weighted by Gasteiger charge is 2.45. The number of hydrogen-bond acceptors (Lipinski definition) is 4. The molecule has 0 saturated heterocycles. The van der Waals surface area contributed by atoms with Gasteiger partial charge in [0.25, 0.3) is 0 Å². The SMILES string of the molecule is C=CC(=O)c1c(C)cc(C)c(C(=O)P(=O)(C(=O)c2c(C)cc(C)cc2C)c2ccccc2)c1C. The zero-order valence-electron chi connectivity index (χ0n) is 20.5. The zero-order valence-corrected chi connectivity index (χ0v) is 21.4. The Bertz CT molecular complexity index is 1370. The molecule has 174 valence electrons. The van der Waals surface area contributed by atoms with Gasteiger partial charge in [-0.3, -0.25) is 14.4 Å². The summed E-state index contributed by atoms with van der Waals surface area (Å²) >= 11 is 0. The van der Waals surface area contributed by atoms with Crippen LogP contribution >= 0.6 is 7.14 Å². The van der Waals surface area contributed by atoms with Gasteiger partial charge in [0.2, 0.25) is 18.2 Å². The fourth-order valence-corrected chi connectivity index (χ4v) is 7.36. The molecule has 1 unspecified atom stereocenters. The second kappa shape index (κ2) is 9.48. The average molecular weight is 473 g/mol. The standard InChI is InChI=1S/C29H29O4P/c1-8-24(30)26-20(5)16-21(6)27(22(26)7)29(32)34(33,23-12-10-9-11-13-23)28(31)25-18(3)14-17(2)15-19(25)4/h8-16H,1H2,2-7H3. The largest absolute Gasteiger partial charge is 0.302 e. The Hall–Kier alpha value is -3.36. The minimum Gasteiger partial charge on any atom is -0.302 e. The molecule has 1 atom stereocenters. The minimum atomic E-state index is -4.31. The highest BCUT2D eigenvalue weighted by molar-refractivity contribution is 8.01. The first-order valence-corrected chi connectivity index (χ1v) is 12.8. The first-order chi connectivity index (χ1) is 15.9. The maximum Gasteiger partial charge on any atom is 0.248 e. The van der Waals surface area contributed by atoms with Crippen molar-refractivity contribution in [1.29, 1.82) is 0 Å². The fourth-order valence-electron chi connectivity index (χ4n) is 4.79. The summed E-state index contributed by atoms with van der Waals surface area (Å²) in [7, 11) is -4.31. The Balaban J connectivity index is 2.37. The molecule has 3 aromatic carbocycles.